The Kier molecular flexibility index (Phi) is 7.57. The van der Waals surface area contributed by atoms with E-state index in [4.69, 9.17) is 0 Å². The number of likely N-dealkylation sites (tertiary alicyclic amines) is 1. The largest absolute Gasteiger partial charge is 0.435 e. The van der Waals surface area contributed by atoms with Crippen LogP contribution in [0.4, 0.5) is 13.2 Å². The molecule has 1 aliphatic heterocycles. The van der Waals surface area contributed by atoms with Gasteiger partial charge in [0.25, 0.3) is 0 Å². The summed E-state index contributed by atoms with van der Waals surface area (Å²) in [7, 11) is 1.49. The fourth-order valence-corrected chi connectivity index (χ4v) is 2.97. The Balaban J connectivity index is 0.00000312. The van der Waals surface area contributed by atoms with Gasteiger partial charge < -0.3 is 10.2 Å². The first-order chi connectivity index (χ1) is 11.2. The monoisotopic (exact) mass is 473 g/mol. The number of rotatable bonds is 4. The lowest BCUT2D eigenvalue weighted by molar-refractivity contribution is -0.142. The Bertz CT molecular complexity index is 599. The maximum absolute atomic E-state index is 13.0. The summed E-state index contributed by atoms with van der Waals surface area (Å²) in [6, 6.07) is 0. The van der Waals surface area contributed by atoms with E-state index in [1.165, 1.54) is 17.9 Å². The van der Waals surface area contributed by atoms with Crippen LogP contribution in [-0.2, 0) is 19.8 Å². The molecule has 1 unspecified atom stereocenters. The highest BCUT2D eigenvalue weighted by Gasteiger charge is 2.37. The van der Waals surface area contributed by atoms with Gasteiger partial charge in [0, 0.05) is 38.4 Å². The second-order valence-electron chi connectivity index (χ2n) is 6.68. The van der Waals surface area contributed by atoms with Crippen molar-refractivity contribution >= 4 is 29.9 Å². The number of guanidine groups is 1. The normalized spacial score (nSPS) is 21.4. The Hall–Kier alpha value is -1.00. The molecule has 1 aromatic rings. The van der Waals surface area contributed by atoms with E-state index in [9.17, 15) is 13.2 Å². The molecular weight excluding hydrogens is 446 g/mol. The van der Waals surface area contributed by atoms with E-state index in [-0.39, 0.29) is 41.5 Å². The van der Waals surface area contributed by atoms with Crippen molar-refractivity contribution in [3.05, 3.63) is 17.5 Å². The lowest BCUT2D eigenvalue weighted by Gasteiger charge is -2.25. The van der Waals surface area contributed by atoms with Crippen LogP contribution < -0.4 is 5.32 Å². The zero-order chi connectivity index (χ0) is 18.0. The van der Waals surface area contributed by atoms with Crippen molar-refractivity contribution in [2.45, 2.75) is 46.3 Å². The summed E-state index contributed by atoms with van der Waals surface area (Å²) in [5.74, 6) is 0.673. The third-order valence-corrected chi connectivity index (χ3v) is 4.62. The second-order valence-corrected chi connectivity index (χ2v) is 6.68. The number of aryl methyl sites for hydroxylation is 1. The standard InChI is InChI=1S/C16H26F3N5.HI/c1-5-15(3)7-8-24(11-15)14(20-6-2)21-9-12-10-23(4)22-13(12)16(17,18)19;/h10H,5-9,11H2,1-4H3,(H,20,21);1H. The smallest absolute Gasteiger partial charge is 0.357 e. The van der Waals surface area contributed by atoms with Gasteiger partial charge in [-0.05, 0) is 25.2 Å². The molecule has 0 saturated carbocycles. The summed E-state index contributed by atoms with van der Waals surface area (Å²) in [6.07, 6.45) is -0.937. The Morgan fingerprint density at radius 1 is 1.40 bits per heavy atom. The predicted octanol–water partition coefficient (Wildman–Crippen LogP) is 3.64. The molecule has 2 heterocycles. The molecule has 25 heavy (non-hydrogen) atoms. The van der Waals surface area contributed by atoms with Crippen molar-refractivity contribution in [3.63, 3.8) is 0 Å². The first-order valence-electron chi connectivity index (χ1n) is 8.31. The Morgan fingerprint density at radius 3 is 2.60 bits per heavy atom. The lowest BCUT2D eigenvalue weighted by Crippen LogP contribution is -2.41. The second kappa shape index (κ2) is 8.59. The van der Waals surface area contributed by atoms with E-state index < -0.39 is 11.9 Å². The molecule has 9 heteroatoms. The predicted molar refractivity (Wildman–Crippen MR) is 103 cm³/mol. The Labute approximate surface area is 164 Å². The summed E-state index contributed by atoms with van der Waals surface area (Å²) in [4.78, 5) is 6.57. The molecule has 0 amide bonds. The van der Waals surface area contributed by atoms with Crippen LogP contribution in [0.3, 0.4) is 0 Å². The highest BCUT2D eigenvalue weighted by atomic mass is 127. The molecule has 1 aliphatic rings. The van der Waals surface area contributed by atoms with Crippen molar-refractivity contribution in [2.24, 2.45) is 17.5 Å². The highest BCUT2D eigenvalue weighted by Crippen LogP contribution is 2.33. The molecule has 0 aromatic carbocycles. The Morgan fingerprint density at radius 2 is 2.08 bits per heavy atom. The van der Waals surface area contributed by atoms with Gasteiger partial charge in [-0.1, -0.05) is 13.8 Å². The number of nitrogens with one attached hydrogen (secondary N) is 1. The van der Waals surface area contributed by atoms with Crippen LogP contribution >= 0.6 is 24.0 Å². The van der Waals surface area contributed by atoms with Crippen LogP contribution in [0.2, 0.25) is 0 Å². The van der Waals surface area contributed by atoms with Gasteiger partial charge in [0.2, 0.25) is 0 Å². The van der Waals surface area contributed by atoms with Crippen molar-refractivity contribution < 1.29 is 13.2 Å². The summed E-state index contributed by atoms with van der Waals surface area (Å²) < 4.78 is 40.3. The van der Waals surface area contributed by atoms with Gasteiger partial charge in [-0.15, -0.1) is 24.0 Å². The van der Waals surface area contributed by atoms with Gasteiger partial charge in [-0.25, -0.2) is 4.99 Å². The topological polar surface area (TPSA) is 45.5 Å². The molecule has 5 nitrogen and oxygen atoms in total. The maximum atomic E-state index is 13.0. The summed E-state index contributed by atoms with van der Waals surface area (Å²) >= 11 is 0. The van der Waals surface area contributed by atoms with Crippen LogP contribution in [-0.4, -0.2) is 40.3 Å². The summed E-state index contributed by atoms with van der Waals surface area (Å²) in [5, 5.41) is 6.72. The number of nitrogens with zero attached hydrogens (tertiary/aromatic N) is 4. The van der Waals surface area contributed by atoms with Crippen LogP contribution in [0.1, 0.15) is 44.9 Å². The minimum Gasteiger partial charge on any atom is -0.357 e. The quantitative estimate of drug-likeness (QED) is 0.413. The molecule has 0 spiro atoms. The molecule has 144 valence electrons. The van der Waals surface area contributed by atoms with Gasteiger partial charge in [-0.3, -0.25) is 4.68 Å². The number of alkyl halides is 3. The number of aliphatic imine (C=N–C) groups is 1. The van der Waals surface area contributed by atoms with Crippen LogP contribution in [0.15, 0.2) is 11.2 Å². The number of aromatic nitrogens is 2. The molecule has 0 aliphatic carbocycles. The first kappa shape index (κ1) is 22.0. The zero-order valence-corrected chi connectivity index (χ0v) is 17.5. The van der Waals surface area contributed by atoms with Gasteiger partial charge in [0.15, 0.2) is 11.7 Å². The molecule has 1 N–H and O–H groups in total. The van der Waals surface area contributed by atoms with E-state index in [2.05, 4.69) is 34.2 Å². The summed E-state index contributed by atoms with van der Waals surface area (Å²) in [6.45, 7) is 8.74. The van der Waals surface area contributed by atoms with Gasteiger partial charge >= 0.3 is 6.18 Å². The third-order valence-electron chi connectivity index (χ3n) is 4.62. The first-order valence-corrected chi connectivity index (χ1v) is 8.31. The highest BCUT2D eigenvalue weighted by molar-refractivity contribution is 14.0. The van der Waals surface area contributed by atoms with Gasteiger partial charge in [0.05, 0.1) is 6.54 Å². The molecule has 1 aromatic heterocycles. The molecular formula is C16H27F3IN5. The van der Waals surface area contributed by atoms with Gasteiger partial charge in [0.1, 0.15) is 0 Å². The summed E-state index contributed by atoms with van der Waals surface area (Å²) in [5.41, 5.74) is -0.524. The molecule has 0 bridgehead atoms. The molecule has 1 atom stereocenters. The average molecular weight is 473 g/mol. The number of hydrogen-bond donors (Lipinski definition) is 1. The number of hydrogen-bond acceptors (Lipinski definition) is 2. The minimum atomic E-state index is -4.46. The minimum absolute atomic E-state index is 0. The fraction of sp³-hybridized carbons (Fsp3) is 0.750. The molecule has 1 fully saturated rings. The van der Waals surface area contributed by atoms with E-state index >= 15 is 0 Å². The van der Waals surface area contributed by atoms with E-state index in [0.29, 0.717) is 12.5 Å². The van der Waals surface area contributed by atoms with Crippen molar-refractivity contribution in [1.82, 2.24) is 20.0 Å². The fourth-order valence-electron chi connectivity index (χ4n) is 2.97. The lowest BCUT2D eigenvalue weighted by atomic mass is 9.87. The third kappa shape index (κ3) is 5.49. The van der Waals surface area contributed by atoms with Crippen molar-refractivity contribution in [1.29, 1.82) is 0 Å². The van der Waals surface area contributed by atoms with Crippen molar-refractivity contribution in [3.8, 4) is 0 Å². The van der Waals surface area contributed by atoms with Crippen LogP contribution in [0.5, 0.6) is 0 Å². The van der Waals surface area contributed by atoms with Gasteiger partial charge in [-0.2, -0.15) is 18.3 Å². The molecule has 2 rings (SSSR count). The zero-order valence-electron chi connectivity index (χ0n) is 15.2. The van der Waals surface area contributed by atoms with E-state index in [0.717, 1.165) is 25.9 Å². The number of halogens is 4. The van der Waals surface area contributed by atoms with E-state index in [1.54, 1.807) is 0 Å². The van der Waals surface area contributed by atoms with Crippen LogP contribution in [0, 0.1) is 5.41 Å². The van der Waals surface area contributed by atoms with Crippen LogP contribution in [0.25, 0.3) is 0 Å². The van der Waals surface area contributed by atoms with Crippen molar-refractivity contribution in [2.75, 3.05) is 19.6 Å². The average Bonchev–Trinajstić information content (AvgIpc) is 3.07. The maximum Gasteiger partial charge on any atom is 0.435 e. The SMILES string of the molecule is CCNC(=NCc1cn(C)nc1C(F)(F)F)N1CCC(C)(CC)C1.I. The molecule has 1 saturated heterocycles. The molecule has 0 radical (unpaired) electrons. The van der Waals surface area contributed by atoms with E-state index in [1.807, 2.05) is 6.92 Å².